The van der Waals surface area contributed by atoms with Crippen molar-refractivity contribution in [2.24, 2.45) is 0 Å². The lowest BCUT2D eigenvalue weighted by Crippen LogP contribution is -2.30. The second kappa shape index (κ2) is 7.71. The Bertz CT molecular complexity index is 1020. The van der Waals surface area contributed by atoms with Crippen LogP contribution in [0.5, 0.6) is 0 Å². The fourth-order valence-corrected chi connectivity index (χ4v) is 4.52. The summed E-state index contributed by atoms with van der Waals surface area (Å²) in [4.78, 5) is 27.4. The number of aryl methyl sites for hydroxylation is 1. The number of halogens is 1. The molecular formula is C20H21FN4O2S. The molecule has 8 heteroatoms. The summed E-state index contributed by atoms with van der Waals surface area (Å²) < 4.78 is 14.9. The molecule has 3 aromatic rings. The second-order valence-corrected chi connectivity index (χ2v) is 7.93. The summed E-state index contributed by atoms with van der Waals surface area (Å²) in [6.45, 7) is 3.93. The van der Waals surface area contributed by atoms with Crippen molar-refractivity contribution in [2.45, 2.75) is 26.2 Å². The summed E-state index contributed by atoms with van der Waals surface area (Å²) in [7, 11) is 0. The van der Waals surface area contributed by atoms with E-state index in [-0.39, 0.29) is 17.6 Å². The molecule has 6 nitrogen and oxygen atoms in total. The number of carbonyl (C=O) groups is 2. The summed E-state index contributed by atoms with van der Waals surface area (Å²) in [5, 5.41) is 8.36. The number of nitrogens with one attached hydrogen (secondary N) is 1. The summed E-state index contributed by atoms with van der Waals surface area (Å²) in [5.74, 6) is -0.221. The highest BCUT2D eigenvalue weighted by molar-refractivity contribution is 7.20. The van der Waals surface area contributed by atoms with Crippen molar-refractivity contribution in [1.29, 1.82) is 0 Å². The molecule has 1 aromatic carbocycles. The van der Waals surface area contributed by atoms with Crippen molar-refractivity contribution in [3.8, 4) is 5.69 Å². The topological polar surface area (TPSA) is 67.2 Å². The fourth-order valence-electron chi connectivity index (χ4n) is 3.42. The Labute approximate surface area is 165 Å². The van der Waals surface area contributed by atoms with Gasteiger partial charge in [0.05, 0.1) is 16.3 Å². The average Bonchev–Trinajstić information content (AvgIpc) is 3.37. The SMILES string of the molecule is Cc1nn(-c2ccc(F)cc2)c2sc(C(=O)NCCCN3CCCC3=O)cc12. The van der Waals surface area contributed by atoms with Crippen LogP contribution in [0.3, 0.4) is 0 Å². The first-order valence-corrected chi connectivity index (χ1v) is 10.2. The zero-order valence-corrected chi connectivity index (χ0v) is 16.4. The van der Waals surface area contributed by atoms with Crippen LogP contribution in [-0.4, -0.2) is 46.1 Å². The van der Waals surface area contributed by atoms with E-state index in [2.05, 4.69) is 10.4 Å². The molecule has 0 unspecified atom stereocenters. The largest absolute Gasteiger partial charge is 0.351 e. The van der Waals surface area contributed by atoms with Gasteiger partial charge in [0.15, 0.2) is 0 Å². The number of nitrogens with zero attached hydrogens (tertiary/aromatic N) is 3. The van der Waals surface area contributed by atoms with Crippen molar-refractivity contribution < 1.29 is 14.0 Å². The Hall–Kier alpha value is -2.74. The van der Waals surface area contributed by atoms with Crippen molar-refractivity contribution in [3.05, 3.63) is 46.7 Å². The normalized spacial score (nSPS) is 14.2. The number of hydrogen-bond acceptors (Lipinski definition) is 4. The lowest BCUT2D eigenvalue weighted by molar-refractivity contribution is -0.127. The number of thiophene rings is 1. The molecule has 1 saturated heterocycles. The van der Waals surface area contributed by atoms with Crippen molar-refractivity contribution in [2.75, 3.05) is 19.6 Å². The fraction of sp³-hybridized carbons (Fsp3) is 0.350. The third-order valence-corrected chi connectivity index (χ3v) is 6.01. The van der Waals surface area contributed by atoms with Gasteiger partial charge in [-0.1, -0.05) is 0 Å². The van der Waals surface area contributed by atoms with Crippen LogP contribution < -0.4 is 5.32 Å². The highest BCUT2D eigenvalue weighted by Crippen LogP contribution is 2.30. The van der Waals surface area contributed by atoms with E-state index < -0.39 is 0 Å². The van der Waals surface area contributed by atoms with Gasteiger partial charge in [-0.15, -0.1) is 11.3 Å². The van der Waals surface area contributed by atoms with Crippen LogP contribution in [0.15, 0.2) is 30.3 Å². The van der Waals surface area contributed by atoms with E-state index in [0.29, 0.717) is 24.4 Å². The van der Waals surface area contributed by atoms with Crippen molar-refractivity contribution in [1.82, 2.24) is 20.0 Å². The molecule has 0 radical (unpaired) electrons. The minimum absolute atomic E-state index is 0.126. The van der Waals surface area contributed by atoms with Crippen LogP contribution in [0.2, 0.25) is 0 Å². The number of likely N-dealkylation sites (tertiary alicyclic amines) is 1. The zero-order chi connectivity index (χ0) is 19.7. The highest BCUT2D eigenvalue weighted by atomic mass is 32.1. The van der Waals surface area contributed by atoms with Gasteiger partial charge in [0.1, 0.15) is 10.6 Å². The molecule has 2 amide bonds. The first-order chi connectivity index (χ1) is 13.5. The van der Waals surface area contributed by atoms with Gasteiger partial charge in [0.25, 0.3) is 5.91 Å². The van der Waals surface area contributed by atoms with E-state index in [1.807, 2.05) is 17.9 Å². The molecule has 0 atom stereocenters. The number of amides is 2. The number of hydrogen-bond donors (Lipinski definition) is 1. The third-order valence-electron chi connectivity index (χ3n) is 4.90. The van der Waals surface area contributed by atoms with E-state index in [1.54, 1.807) is 16.8 Å². The third kappa shape index (κ3) is 3.64. The maximum atomic E-state index is 13.2. The molecular weight excluding hydrogens is 379 g/mol. The molecule has 1 fully saturated rings. The van der Waals surface area contributed by atoms with Gasteiger partial charge in [0.2, 0.25) is 5.91 Å². The van der Waals surface area contributed by atoms with Crippen LogP contribution in [0.1, 0.15) is 34.6 Å². The predicted octanol–water partition coefficient (Wildman–Crippen LogP) is 3.28. The van der Waals surface area contributed by atoms with Crippen LogP contribution in [0, 0.1) is 12.7 Å². The van der Waals surface area contributed by atoms with Gasteiger partial charge in [-0.2, -0.15) is 5.10 Å². The summed E-state index contributed by atoms with van der Waals surface area (Å²) in [6.07, 6.45) is 2.31. The van der Waals surface area contributed by atoms with Crippen LogP contribution in [0.4, 0.5) is 4.39 Å². The van der Waals surface area contributed by atoms with E-state index in [4.69, 9.17) is 0 Å². The van der Waals surface area contributed by atoms with Crippen LogP contribution in [-0.2, 0) is 4.79 Å². The van der Waals surface area contributed by atoms with E-state index in [0.717, 1.165) is 41.0 Å². The number of rotatable bonds is 6. The minimum atomic E-state index is -0.300. The first kappa shape index (κ1) is 18.6. The Balaban J connectivity index is 1.44. The molecule has 4 rings (SSSR count). The van der Waals surface area contributed by atoms with Crippen molar-refractivity contribution >= 4 is 33.4 Å². The van der Waals surface area contributed by atoms with Gasteiger partial charge >= 0.3 is 0 Å². The number of carbonyl (C=O) groups excluding carboxylic acids is 2. The number of benzene rings is 1. The monoisotopic (exact) mass is 400 g/mol. The first-order valence-electron chi connectivity index (χ1n) is 9.34. The Morgan fingerprint density at radius 2 is 2.11 bits per heavy atom. The van der Waals surface area contributed by atoms with Crippen LogP contribution >= 0.6 is 11.3 Å². The minimum Gasteiger partial charge on any atom is -0.351 e. The smallest absolute Gasteiger partial charge is 0.261 e. The van der Waals surface area contributed by atoms with Crippen molar-refractivity contribution in [3.63, 3.8) is 0 Å². The van der Waals surface area contributed by atoms with E-state index in [1.165, 1.54) is 23.5 Å². The molecule has 1 N–H and O–H groups in total. The Morgan fingerprint density at radius 3 is 2.82 bits per heavy atom. The lowest BCUT2D eigenvalue weighted by atomic mass is 10.3. The molecule has 0 saturated carbocycles. The molecule has 1 aliphatic rings. The van der Waals surface area contributed by atoms with E-state index >= 15 is 0 Å². The molecule has 3 heterocycles. The van der Waals surface area contributed by atoms with Gasteiger partial charge in [-0.25, -0.2) is 9.07 Å². The van der Waals surface area contributed by atoms with E-state index in [9.17, 15) is 14.0 Å². The van der Waals surface area contributed by atoms with Gasteiger partial charge < -0.3 is 10.2 Å². The lowest BCUT2D eigenvalue weighted by Gasteiger charge is -2.15. The molecule has 146 valence electrons. The molecule has 0 aliphatic carbocycles. The quantitative estimate of drug-likeness (QED) is 0.646. The maximum absolute atomic E-state index is 13.2. The standard InChI is InChI=1S/C20H21FN4O2S/c1-13-16-12-17(19(27)22-9-3-11-24-10-2-4-18(24)26)28-20(16)25(23-13)15-7-5-14(21)6-8-15/h5-8,12H,2-4,9-11H2,1H3,(H,22,27). The summed E-state index contributed by atoms with van der Waals surface area (Å²) in [6, 6.07) is 7.97. The second-order valence-electron chi connectivity index (χ2n) is 6.90. The van der Waals surface area contributed by atoms with Gasteiger partial charge in [0, 0.05) is 31.4 Å². The zero-order valence-electron chi connectivity index (χ0n) is 15.6. The Morgan fingerprint density at radius 1 is 1.32 bits per heavy atom. The van der Waals surface area contributed by atoms with Gasteiger partial charge in [-0.05, 0) is 50.1 Å². The molecule has 28 heavy (non-hydrogen) atoms. The number of fused-ring (bicyclic) bond motifs is 1. The number of aromatic nitrogens is 2. The van der Waals surface area contributed by atoms with Crippen LogP contribution in [0.25, 0.3) is 15.9 Å². The molecule has 0 bridgehead atoms. The molecule has 2 aromatic heterocycles. The average molecular weight is 400 g/mol. The van der Waals surface area contributed by atoms with Gasteiger partial charge in [-0.3, -0.25) is 9.59 Å². The predicted molar refractivity (Wildman–Crippen MR) is 106 cm³/mol. The Kier molecular flexibility index (Phi) is 5.13. The highest BCUT2D eigenvalue weighted by Gasteiger charge is 2.20. The summed E-state index contributed by atoms with van der Waals surface area (Å²) >= 11 is 1.37. The molecule has 1 aliphatic heterocycles. The molecule has 0 spiro atoms. The summed E-state index contributed by atoms with van der Waals surface area (Å²) in [5.41, 5.74) is 1.57. The maximum Gasteiger partial charge on any atom is 0.261 e.